The molecule has 0 radical (unpaired) electrons. The highest BCUT2D eigenvalue weighted by Gasteiger charge is 2.17. The lowest BCUT2D eigenvalue weighted by Crippen LogP contribution is -2.48. The van der Waals surface area contributed by atoms with E-state index in [2.05, 4.69) is 56.3 Å². The minimum atomic E-state index is -0.0694. The molecule has 7 heteroatoms. The lowest BCUT2D eigenvalue weighted by Gasteiger charge is -2.36. The second kappa shape index (κ2) is 10.2. The van der Waals surface area contributed by atoms with Crippen LogP contribution in [-0.2, 0) is 4.79 Å². The van der Waals surface area contributed by atoms with E-state index < -0.39 is 0 Å². The van der Waals surface area contributed by atoms with Gasteiger partial charge in [0.1, 0.15) is 0 Å². The van der Waals surface area contributed by atoms with Crippen molar-refractivity contribution >= 4 is 34.6 Å². The SMILES string of the molecule is Cc1cc(C)cc(NC(=S)NNC(=O)CCN2CCN(c3ccccc3)CC2)c1. The van der Waals surface area contributed by atoms with Gasteiger partial charge in [0.2, 0.25) is 5.91 Å². The number of thiocarbonyl (C=S) groups is 1. The normalized spacial score (nSPS) is 14.3. The van der Waals surface area contributed by atoms with Crippen LogP contribution in [0.1, 0.15) is 17.5 Å². The number of piperazine rings is 1. The summed E-state index contributed by atoms with van der Waals surface area (Å²) in [5.41, 5.74) is 9.95. The summed E-state index contributed by atoms with van der Waals surface area (Å²) in [4.78, 5) is 16.8. The molecule has 29 heavy (non-hydrogen) atoms. The summed E-state index contributed by atoms with van der Waals surface area (Å²) < 4.78 is 0. The maximum absolute atomic E-state index is 12.1. The number of benzene rings is 2. The second-order valence-corrected chi connectivity index (χ2v) is 7.83. The first-order valence-corrected chi connectivity index (χ1v) is 10.4. The van der Waals surface area contributed by atoms with Crippen molar-refractivity contribution in [1.82, 2.24) is 15.8 Å². The monoisotopic (exact) mass is 411 g/mol. The fourth-order valence-electron chi connectivity index (χ4n) is 3.53. The Bertz CT molecular complexity index is 814. The van der Waals surface area contributed by atoms with E-state index in [-0.39, 0.29) is 5.91 Å². The Kier molecular flexibility index (Phi) is 7.43. The molecule has 0 atom stereocenters. The Morgan fingerprint density at radius 3 is 2.28 bits per heavy atom. The van der Waals surface area contributed by atoms with Gasteiger partial charge in [-0.05, 0) is 61.5 Å². The Balaban J connectivity index is 1.33. The molecule has 0 unspecified atom stereocenters. The Morgan fingerprint density at radius 1 is 0.966 bits per heavy atom. The van der Waals surface area contributed by atoms with E-state index in [0.717, 1.165) is 49.5 Å². The molecule has 1 aliphatic heterocycles. The number of nitrogens with zero attached hydrogens (tertiary/aromatic N) is 2. The number of nitrogens with one attached hydrogen (secondary N) is 3. The third-order valence-electron chi connectivity index (χ3n) is 4.94. The van der Waals surface area contributed by atoms with Crippen LogP contribution in [0.3, 0.4) is 0 Å². The van der Waals surface area contributed by atoms with Crippen LogP contribution in [0.5, 0.6) is 0 Å². The zero-order chi connectivity index (χ0) is 20.6. The van der Waals surface area contributed by atoms with E-state index in [4.69, 9.17) is 12.2 Å². The number of para-hydroxylation sites is 1. The first-order chi connectivity index (χ1) is 14.0. The van der Waals surface area contributed by atoms with E-state index in [1.165, 1.54) is 5.69 Å². The second-order valence-electron chi connectivity index (χ2n) is 7.42. The van der Waals surface area contributed by atoms with Gasteiger partial charge in [-0.15, -0.1) is 0 Å². The van der Waals surface area contributed by atoms with Crippen LogP contribution in [0.25, 0.3) is 0 Å². The number of amides is 1. The summed E-state index contributed by atoms with van der Waals surface area (Å²) in [7, 11) is 0. The van der Waals surface area contributed by atoms with Crippen molar-refractivity contribution < 1.29 is 4.79 Å². The van der Waals surface area contributed by atoms with Crippen LogP contribution >= 0.6 is 12.2 Å². The molecule has 1 aliphatic rings. The van der Waals surface area contributed by atoms with Gasteiger partial charge in [0.05, 0.1) is 0 Å². The largest absolute Gasteiger partial charge is 0.369 e. The fraction of sp³-hybridized carbons (Fsp3) is 0.364. The average Bonchev–Trinajstić information content (AvgIpc) is 2.71. The van der Waals surface area contributed by atoms with Crippen LogP contribution in [-0.4, -0.2) is 48.6 Å². The number of hydrazine groups is 1. The van der Waals surface area contributed by atoms with Crippen molar-refractivity contribution in [2.45, 2.75) is 20.3 Å². The van der Waals surface area contributed by atoms with Gasteiger partial charge in [0, 0.05) is 50.5 Å². The molecule has 1 heterocycles. The van der Waals surface area contributed by atoms with Gasteiger partial charge in [-0.1, -0.05) is 24.3 Å². The van der Waals surface area contributed by atoms with E-state index in [1.807, 2.05) is 32.0 Å². The third-order valence-corrected chi connectivity index (χ3v) is 5.15. The zero-order valence-electron chi connectivity index (χ0n) is 17.1. The molecule has 3 rings (SSSR count). The van der Waals surface area contributed by atoms with Crippen LogP contribution < -0.4 is 21.1 Å². The molecule has 1 fully saturated rings. The van der Waals surface area contributed by atoms with Crippen molar-refractivity contribution in [3.8, 4) is 0 Å². The Hall–Kier alpha value is -2.64. The van der Waals surface area contributed by atoms with E-state index in [9.17, 15) is 4.79 Å². The van der Waals surface area contributed by atoms with Gasteiger partial charge in [0.15, 0.2) is 5.11 Å². The van der Waals surface area contributed by atoms with Gasteiger partial charge in [-0.3, -0.25) is 20.5 Å². The van der Waals surface area contributed by atoms with Crippen LogP contribution in [0.4, 0.5) is 11.4 Å². The predicted molar refractivity (Wildman–Crippen MR) is 123 cm³/mol. The third kappa shape index (κ3) is 6.73. The predicted octanol–water partition coefficient (Wildman–Crippen LogP) is 2.83. The standard InChI is InChI=1S/C22H29N5OS/c1-17-14-18(2)16-19(15-17)23-22(29)25-24-21(28)8-9-26-10-12-27(13-11-26)20-6-4-3-5-7-20/h3-7,14-16H,8-13H2,1-2H3,(H,24,28)(H2,23,25,29). The molecule has 2 aromatic rings. The van der Waals surface area contributed by atoms with Crippen molar-refractivity contribution in [3.63, 3.8) is 0 Å². The number of aryl methyl sites for hydroxylation is 2. The highest BCUT2D eigenvalue weighted by molar-refractivity contribution is 7.80. The van der Waals surface area contributed by atoms with Gasteiger partial charge >= 0.3 is 0 Å². The van der Waals surface area contributed by atoms with Gasteiger partial charge in [-0.25, -0.2) is 0 Å². The van der Waals surface area contributed by atoms with Crippen LogP contribution in [0, 0.1) is 13.8 Å². The number of anilines is 2. The summed E-state index contributed by atoms with van der Waals surface area (Å²) in [6.45, 7) is 8.70. The van der Waals surface area contributed by atoms with Crippen molar-refractivity contribution in [1.29, 1.82) is 0 Å². The number of hydrogen-bond acceptors (Lipinski definition) is 4. The lowest BCUT2D eigenvalue weighted by atomic mass is 10.1. The van der Waals surface area contributed by atoms with E-state index in [1.54, 1.807) is 0 Å². The minimum absolute atomic E-state index is 0.0694. The highest BCUT2D eigenvalue weighted by Crippen LogP contribution is 2.15. The first kappa shape index (κ1) is 21.1. The highest BCUT2D eigenvalue weighted by atomic mass is 32.1. The number of hydrogen-bond donors (Lipinski definition) is 3. The van der Waals surface area contributed by atoms with Crippen molar-refractivity contribution in [2.24, 2.45) is 0 Å². The number of rotatable bonds is 5. The van der Waals surface area contributed by atoms with Crippen LogP contribution in [0.2, 0.25) is 0 Å². The smallest absolute Gasteiger partial charge is 0.239 e. The minimum Gasteiger partial charge on any atom is -0.369 e. The quantitative estimate of drug-likeness (QED) is 0.520. The summed E-state index contributed by atoms with van der Waals surface area (Å²) >= 11 is 5.26. The molecule has 0 saturated carbocycles. The number of carbonyl (C=O) groups excluding carboxylic acids is 1. The van der Waals surface area contributed by atoms with Gasteiger partial charge < -0.3 is 10.2 Å². The van der Waals surface area contributed by atoms with Gasteiger partial charge in [-0.2, -0.15) is 0 Å². The molecule has 6 nitrogen and oxygen atoms in total. The summed E-state index contributed by atoms with van der Waals surface area (Å²) in [6, 6.07) is 16.6. The van der Waals surface area contributed by atoms with E-state index in [0.29, 0.717) is 11.5 Å². The molecule has 2 aromatic carbocycles. The van der Waals surface area contributed by atoms with Crippen molar-refractivity contribution in [3.05, 3.63) is 59.7 Å². The van der Waals surface area contributed by atoms with E-state index >= 15 is 0 Å². The summed E-state index contributed by atoms with van der Waals surface area (Å²) in [5.74, 6) is -0.0694. The molecule has 0 aliphatic carbocycles. The molecular weight excluding hydrogens is 382 g/mol. The molecule has 154 valence electrons. The lowest BCUT2D eigenvalue weighted by molar-refractivity contribution is -0.122. The molecule has 1 amide bonds. The molecule has 0 spiro atoms. The van der Waals surface area contributed by atoms with Crippen LogP contribution in [0.15, 0.2) is 48.5 Å². The van der Waals surface area contributed by atoms with Crippen molar-refractivity contribution in [2.75, 3.05) is 42.9 Å². The maximum atomic E-state index is 12.1. The Labute approximate surface area is 178 Å². The Morgan fingerprint density at radius 2 is 1.62 bits per heavy atom. The summed E-state index contributed by atoms with van der Waals surface area (Å²) in [6.07, 6.45) is 0.435. The molecular formula is C22H29N5OS. The molecule has 3 N–H and O–H groups in total. The maximum Gasteiger partial charge on any atom is 0.239 e. The first-order valence-electron chi connectivity index (χ1n) is 9.96. The summed E-state index contributed by atoms with van der Waals surface area (Å²) in [5, 5.41) is 3.47. The number of carbonyl (C=O) groups is 1. The molecule has 0 aromatic heterocycles. The average molecular weight is 412 g/mol. The fourth-order valence-corrected chi connectivity index (χ4v) is 3.70. The van der Waals surface area contributed by atoms with Gasteiger partial charge in [0.25, 0.3) is 0 Å². The topological polar surface area (TPSA) is 59.6 Å². The molecule has 0 bridgehead atoms. The molecule has 1 saturated heterocycles. The zero-order valence-corrected chi connectivity index (χ0v) is 17.9.